The van der Waals surface area contributed by atoms with Crippen molar-refractivity contribution in [2.45, 2.75) is 51.0 Å². The van der Waals surface area contributed by atoms with Crippen molar-refractivity contribution in [1.82, 2.24) is 10.2 Å². The van der Waals surface area contributed by atoms with Crippen LogP contribution < -0.4 is 5.32 Å². The minimum Gasteiger partial charge on any atom is -0.481 e. The number of fused-ring (bicyclic) bond motifs is 3. The summed E-state index contributed by atoms with van der Waals surface area (Å²) in [4.78, 5) is 39.0. The fourth-order valence-electron chi connectivity index (χ4n) is 5.89. The molecule has 0 aromatic heterocycles. The third kappa shape index (κ3) is 4.51. The molecule has 184 valence electrons. The number of alkyl carbamates (subject to hydrolysis) is 1. The molecule has 0 bridgehead atoms. The van der Waals surface area contributed by atoms with E-state index in [1.807, 2.05) is 31.2 Å². The Morgan fingerprint density at radius 3 is 2.26 bits per heavy atom. The van der Waals surface area contributed by atoms with Gasteiger partial charge in [-0.1, -0.05) is 61.9 Å². The van der Waals surface area contributed by atoms with Crippen LogP contribution in [0.25, 0.3) is 11.1 Å². The number of benzene rings is 2. The quantitative estimate of drug-likeness (QED) is 0.589. The fourth-order valence-corrected chi connectivity index (χ4v) is 5.89. The number of carbonyl (C=O) groups excluding carboxylic acids is 2. The molecule has 5 rings (SSSR count). The van der Waals surface area contributed by atoms with E-state index in [4.69, 9.17) is 4.74 Å². The lowest BCUT2D eigenvalue weighted by molar-refractivity contribution is -0.143. The number of aliphatic carboxylic acids is 1. The van der Waals surface area contributed by atoms with Crippen molar-refractivity contribution in [2.24, 2.45) is 11.3 Å². The van der Waals surface area contributed by atoms with Gasteiger partial charge in [0.05, 0.1) is 5.92 Å². The number of hydrogen-bond acceptors (Lipinski definition) is 4. The number of rotatable bonds is 8. The van der Waals surface area contributed by atoms with Crippen molar-refractivity contribution in [3.63, 3.8) is 0 Å². The highest BCUT2D eigenvalue weighted by atomic mass is 16.5. The van der Waals surface area contributed by atoms with Crippen molar-refractivity contribution >= 4 is 18.0 Å². The second-order valence-electron chi connectivity index (χ2n) is 10.2. The van der Waals surface area contributed by atoms with E-state index in [2.05, 4.69) is 29.6 Å². The van der Waals surface area contributed by atoms with Crippen LogP contribution in [0.3, 0.4) is 0 Å². The Morgan fingerprint density at radius 1 is 1.09 bits per heavy atom. The van der Waals surface area contributed by atoms with Crippen LogP contribution in [-0.4, -0.2) is 53.7 Å². The van der Waals surface area contributed by atoms with Gasteiger partial charge in [0.15, 0.2) is 0 Å². The van der Waals surface area contributed by atoms with E-state index in [1.165, 1.54) is 11.1 Å². The van der Waals surface area contributed by atoms with Gasteiger partial charge in [0.1, 0.15) is 6.61 Å². The van der Waals surface area contributed by atoms with Gasteiger partial charge in [0.2, 0.25) is 5.91 Å². The van der Waals surface area contributed by atoms with Crippen LogP contribution in [0.5, 0.6) is 0 Å². The topological polar surface area (TPSA) is 95.9 Å². The molecule has 0 radical (unpaired) electrons. The highest BCUT2D eigenvalue weighted by Crippen LogP contribution is 2.56. The number of amides is 2. The lowest BCUT2D eigenvalue weighted by atomic mass is 9.93. The van der Waals surface area contributed by atoms with Gasteiger partial charge in [-0.15, -0.1) is 0 Å². The van der Waals surface area contributed by atoms with Crippen LogP contribution in [0.2, 0.25) is 0 Å². The van der Waals surface area contributed by atoms with Gasteiger partial charge < -0.3 is 20.1 Å². The molecule has 7 heteroatoms. The molecule has 2 aliphatic carbocycles. The van der Waals surface area contributed by atoms with Crippen LogP contribution in [0, 0.1) is 11.3 Å². The standard InChI is InChI=1S/C28H32N2O5/c1-2-7-18(14-25(31)30-15-24(26(32)33)28(17-30)12-13-28)29-27(34)35-16-23-21-10-5-3-8-19(21)20-9-4-6-11-22(20)23/h3-6,8-11,18,23-24H,2,7,12-17H2,1H3,(H,29,34)(H,32,33)/t18-,24?/m0/s1. The van der Waals surface area contributed by atoms with Crippen molar-refractivity contribution in [2.75, 3.05) is 19.7 Å². The Kier molecular flexibility index (Phi) is 6.26. The maximum atomic E-state index is 13.0. The van der Waals surface area contributed by atoms with E-state index in [-0.39, 0.29) is 42.9 Å². The molecule has 2 fully saturated rings. The van der Waals surface area contributed by atoms with Gasteiger partial charge in [-0.05, 0) is 41.5 Å². The first kappa shape index (κ1) is 23.4. The largest absolute Gasteiger partial charge is 0.481 e. The molecule has 1 heterocycles. The second kappa shape index (κ2) is 9.36. The first-order valence-electron chi connectivity index (χ1n) is 12.5. The molecular weight excluding hydrogens is 444 g/mol. The van der Waals surface area contributed by atoms with Crippen molar-refractivity contribution in [3.8, 4) is 11.1 Å². The normalized spacial score (nSPS) is 20.3. The third-order valence-corrected chi connectivity index (χ3v) is 7.91. The highest BCUT2D eigenvalue weighted by Gasteiger charge is 2.58. The van der Waals surface area contributed by atoms with Gasteiger partial charge in [0.25, 0.3) is 0 Å². The number of nitrogens with one attached hydrogen (secondary N) is 1. The molecule has 1 unspecified atom stereocenters. The van der Waals surface area contributed by atoms with Crippen molar-refractivity contribution < 1.29 is 24.2 Å². The summed E-state index contributed by atoms with van der Waals surface area (Å²) < 4.78 is 5.66. The summed E-state index contributed by atoms with van der Waals surface area (Å²) in [7, 11) is 0. The first-order valence-corrected chi connectivity index (χ1v) is 12.5. The minimum absolute atomic E-state index is 0.0216. The minimum atomic E-state index is -0.820. The van der Waals surface area contributed by atoms with Crippen LogP contribution in [-0.2, 0) is 14.3 Å². The summed E-state index contributed by atoms with van der Waals surface area (Å²) in [6.07, 6.45) is 2.82. The Bertz CT molecular complexity index is 1100. The molecule has 2 amide bonds. The smallest absolute Gasteiger partial charge is 0.407 e. The van der Waals surface area contributed by atoms with Gasteiger partial charge in [-0.2, -0.15) is 0 Å². The lowest BCUT2D eigenvalue weighted by Gasteiger charge is -2.22. The Labute approximate surface area is 205 Å². The average Bonchev–Trinajstić information content (AvgIpc) is 3.39. The molecule has 1 saturated carbocycles. The number of nitrogens with zero attached hydrogens (tertiary/aromatic N) is 1. The molecular formula is C28H32N2O5. The molecule has 7 nitrogen and oxygen atoms in total. The maximum absolute atomic E-state index is 13.0. The van der Waals surface area contributed by atoms with Gasteiger partial charge in [-0.25, -0.2) is 4.79 Å². The van der Waals surface area contributed by atoms with Crippen LogP contribution in [0.15, 0.2) is 48.5 Å². The summed E-state index contributed by atoms with van der Waals surface area (Å²) in [5.74, 6) is -1.42. The fraction of sp³-hybridized carbons (Fsp3) is 0.464. The van der Waals surface area contributed by atoms with Gasteiger partial charge in [0, 0.05) is 36.9 Å². The van der Waals surface area contributed by atoms with E-state index in [9.17, 15) is 19.5 Å². The van der Waals surface area contributed by atoms with E-state index in [0.717, 1.165) is 30.4 Å². The predicted molar refractivity (Wildman–Crippen MR) is 131 cm³/mol. The lowest BCUT2D eigenvalue weighted by Crippen LogP contribution is -2.41. The van der Waals surface area contributed by atoms with Crippen LogP contribution in [0.1, 0.15) is 56.1 Å². The molecule has 1 saturated heterocycles. The number of likely N-dealkylation sites (tertiary alicyclic amines) is 1. The van der Waals surface area contributed by atoms with Crippen molar-refractivity contribution in [1.29, 1.82) is 0 Å². The molecule has 2 N–H and O–H groups in total. The molecule has 2 aromatic rings. The van der Waals surface area contributed by atoms with Gasteiger partial charge in [-0.3, -0.25) is 9.59 Å². The zero-order chi connectivity index (χ0) is 24.6. The monoisotopic (exact) mass is 476 g/mol. The van der Waals surface area contributed by atoms with Gasteiger partial charge >= 0.3 is 12.1 Å². The summed E-state index contributed by atoms with van der Waals surface area (Å²) >= 11 is 0. The zero-order valence-electron chi connectivity index (χ0n) is 20.0. The molecule has 2 aromatic carbocycles. The zero-order valence-corrected chi connectivity index (χ0v) is 20.0. The molecule has 1 aliphatic heterocycles. The number of hydrogen-bond donors (Lipinski definition) is 2. The Morgan fingerprint density at radius 2 is 1.71 bits per heavy atom. The summed E-state index contributed by atoms with van der Waals surface area (Å²) in [5.41, 5.74) is 4.41. The average molecular weight is 477 g/mol. The predicted octanol–water partition coefficient (Wildman–Crippen LogP) is 4.41. The number of carboxylic acids is 1. The molecule has 35 heavy (non-hydrogen) atoms. The van der Waals surface area contributed by atoms with Crippen molar-refractivity contribution in [3.05, 3.63) is 59.7 Å². The molecule has 1 spiro atoms. The number of ether oxygens (including phenoxy) is 1. The summed E-state index contributed by atoms with van der Waals surface area (Å²) in [6, 6.07) is 16.0. The Balaban J connectivity index is 1.19. The molecule has 2 atom stereocenters. The third-order valence-electron chi connectivity index (χ3n) is 7.91. The number of carbonyl (C=O) groups is 3. The number of carboxylic acid groups (broad SMARTS) is 1. The highest BCUT2D eigenvalue weighted by molar-refractivity contribution is 5.81. The SMILES string of the molecule is CCC[C@@H](CC(=O)N1CC(C(=O)O)C2(CC2)C1)NC(=O)OCC1c2ccccc2-c2ccccc21. The first-order chi connectivity index (χ1) is 16.9. The van der Waals surface area contributed by atoms with E-state index < -0.39 is 18.0 Å². The van der Waals surface area contributed by atoms with Crippen LogP contribution in [0.4, 0.5) is 4.79 Å². The Hall–Kier alpha value is -3.35. The van der Waals surface area contributed by atoms with Crippen LogP contribution >= 0.6 is 0 Å². The summed E-state index contributed by atoms with van der Waals surface area (Å²) in [6.45, 7) is 3.00. The summed E-state index contributed by atoms with van der Waals surface area (Å²) in [5, 5.41) is 12.4. The van der Waals surface area contributed by atoms with E-state index in [1.54, 1.807) is 4.90 Å². The second-order valence-corrected chi connectivity index (χ2v) is 10.2. The molecule has 3 aliphatic rings. The van der Waals surface area contributed by atoms with E-state index >= 15 is 0 Å². The maximum Gasteiger partial charge on any atom is 0.407 e. The van der Waals surface area contributed by atoms with E-state index in [0.29, 0.717) is 13.0 Å².